The first-order valence-electron chi connectivity index (χ1n) is 36.5. The van der Waals surface area contributed by atoms with Crippen LogP contribution in [0, 0.1) is 0 Å². The molecule has 0 saturated heterocycles. The summed E-state index contributed by atoms with van der Waals surface area (Å²) in [7, 11) is 0. The predicted octanol–water partition coefficient (Wildman–Crippen LogP) is 23.4. The van der Waals surface area contributed by atoms with Gasteiger partial charge in [-0.05, 0) is 281 Å². The highest BCUT2D eigenvalue weighted by Crippen LogP contribution is 2.61. The van der Waals surface area contributed by atoms with Crippen LogP contribution in [0.15, 0.2) is 97.1 Å². The summed E-state index contributed by atoms with van der Waals surface area (Å²) >= 11 is 2.19. The van der Waals surface area contributed by atoms with Crippen molar-refractivity contribution >= 4 is 84.9 Å². The van der Waals surface area contributed by atoms with Crippen LogP contribution in [0.3, 0.4) is 0 Å². The normalized spacial score (nSPS) is 23.7. The first-order valence-corrected chi connectivity index (χ1v) is 37.4. The minimum atomic E-state index is -0.0603. The van der Waals surface area contributed by atoms with E-state index in [1.807, 2.05) is 0 Å². The lowest BCUT2D eigenvalue weighted by Gasteiger charge is -2.48. The van der Waals surface area contributed by atoms with Gasteiger partial charge in [-0.25, -0.2) is 0 Å². The maximum Gasteiger partial charge on any atom is 0.264 e. The summed E-state index contributed by atoms with van der Waals surface area (Å²) in [6.45, 7) is 60.6. The molecule has 5 heteroatoms. The van der Waals surface area contributed by atoms with E-state index in [1.165, 1.54) is 162 Å². The maximum absolute atomic E-state index is 2.90. The summed E-state index contributed by atoms with van der Waals surface area (Å²) < 4.78 is 1.53. The molecule has 0 unspecified atom stereocenters. The molecule has 0 atom stereocenters. The molecule has 0 fully saturated rings. The number of benzene rings is 6. The largest absolute Gasteiger partial charge is 0.311 e. The Bertz CT molecular complexity index is 4250. The van der Waals surface area contributed by atoms with Crippen molar-refractivity contribution < 1.29 is 0 Å². The van der Waals surface area contributed by atoms with E-state index >= 15 is 0 Å². The lowest BCUT2D eigenvalue weighted by molar-refractivity contribution is 0.332. The second-order valence-corrected chi connectivity index (χ2v) is 40.4. The van der Waals surface area contributed by atoms with Crippen LogP contribution in [0.4, 0.5) is 51.2 Å². The number of hydrogen-bond acceptors (Lipinski definition) is 4. The van der Waals surface area contributed by atoms with E-state index in [9.17, 15) is 0 Å². The molecule has 0 spiro atoms. The van der Waals surface area contributed by atoms with Gasteiger partial charge in [0.2, 0.25) is 0 Å². The third-order valence-corrected chi connectivity index (χ3v) is 28.8. The minimum absolute atomic E-state index is 0.000470. The first kappa shape index (κ1) is 63.5. The number of rotatable bonds is 5. The fraction of sp³-hybridized carbons (Fsp3) is 0.545. The molecule has 0 radical (unpaired) electrons. The molecule has 6 aliphatic carbocycles. The van der Waals surface area contributed by atoms with Crippen molar-refractivity contribution in [2.75, 3.05) is 14.7 Å². The van der Waals surface area contributed by atoms with Crippen molar-refractivity contribution in [2.24, 2.45) is 0 Å². The average Bonchev–Trinajstić information content (AvgIpc) is 1.66. The molecule has 1 aromatic heterocycles. The van der Waals surface area contributed by atoms with Crippen molar-refractivity contribution in [3.05, 3.63) is 163 Å². The van der Waals surface area contributed by atoms with Gasteiger partial charge in [0.25, 0.3) is 6.71 Å². The molecule has 0 saturated carbocycles. The van der Waals surface area contributed by atoms with Gasteiger partial charge in [0.05, 0.1) is 11.4 Å². The second-order valence-electron chi connectivity index (χ2n) is 39.3. The van der Waals surface area contributed by atoms with E-state index in [0.717, 1.165) is 32.1 Å². The molecule has 15 rings (SSSR count). The zero-order valence-corrected chi connectivity index (χ0v) is 62.9. The third kappa shape index (κ3) is 9.38. The van der Waals surface area contributed by atoms with E-state index in [4.69, 9.17) is 0 Å². The Hall–Kier alpha value is -5.52. The smallest absolute Gasteiger partial charge is 0.264 e. The Kier molecular flexibility index (Phi) is 13.4. The fourth-order valence-corrected chi connectivity index (χ4v) is 21.5. The molecular formula is C88H112BN3S. The van der Waals surface area contributed by atoms with E-state index in [-0.39, 0.29) is 71.7 Å². The van der Waals surface area contributed by atoms with Gasteiger partial charge >= 0.3 is 0 Å². The summed E-state index contributed by atoms with van der Waals surface area (Å²) in [5.74, 6) is 0. The van der Waals surface area contributed by atoms with Crippen LogP contribution in [0.5, 0.6) is 0 Å². The van der Waals surface area contributed by atoms with E-state index in [1.54, 1.807) is 16.0 Å². The highest BCUT2D eigenvalue weighted by molar-refractivity contribution is 7.29. The molecule has 6 aromatic carbocycles. The number of thiophene rings is 1. The Labute approximate surface area is 567 Å². The van der Waals surface area contributed by atoms with Gasteiger partial charge in [0.1, 0.15) is 0 Å². The van der Waals surface area contributed by atoms with Gasteiger partial charge in [-0.3, -0.25) is 0 Å². The minimum Gasteiger partial charge on any atom is -0.311 e. The van der Waals surface area contributed by atoms with Gasteiger partial charge < -0.3 is 14.7 Å². The average molecular weight is 1250 g/mol. The number of fused-ring (bicyclic) bond motifs is 11. The van der Waals surface area contributed by atoms with E-state index in [2.05, 4.69) is 289 Å². The first-order chi connectivity index (χ1) is 43.0. The van der Waals surface area contributed by atoms with Crippen molar-refractivity contribution in [1.29, 1.82) is 0 Å². The Morgan fingerprint density at radius 2 is 0.624 bits per heavy atom. The Morgan fingerprint density at radius 1 is 0.301 bits per heavy atom. The standard InChI is InChI=1S/C88H112BN3S/c1-77(2)33-37-81(9,10)62-45-53(25-29-58(62)77)90(54-26-30-59-63(46-54)82(11,12)38-34-78(59,3)4)57-49-70-73-71(50-57)92(56-28-32-61-65(48-56)84(15,16)40-36-80(61,7)8)74-72-75(88(23,24)44-43-87(72,21)22)93-76(74)89(73)68-51-66-67(86(19,20)42-41-85(66,17)18)52-69(68)91(70)55-27-31-60-64(47-55)83(13,14)39-35-79(60,5)6/h25-32,45-52H,33-44H2,1-24H3. The Balaban J connectivity index is 1.13. The number of hydrogen-bond donors (Lipinski definition) is 0. The SMILES string of the molecule is CC1(C)CCC(C)(C)c2cc(N(c3cc4c5c(c3)N(c3ccc6c(c3)C(C)(C)CCC6(C)C)c3c(sc6c3C(C)(C)CCC6(C)C)B5c3cc5c(cc3N4c3ccc4c(c3)C(C)(C)CCC4(C)C)C(C)(C)CCC5(C)C)c3ccc4c(c3)C(C)(C)CCC4(C)C)ccc21. The van der Waals surface area contributed by atoms with Gasteiger partial charge in [-0.1, -0.05) is 197 Å². The molecule has 93 heavy (non-hydrogen) atoms. The molecule has 0 bridgehead atoms. The van der Waals surface area contributed by atoms with E-state index in [0.29, 0.717) is 0 Å². The Morgan fingerprint density at radius 3 is 1.04 bits per heavy atom. The van der Waals surface area contributed by atoms with Crippen LogP contribution >= 0.6 is 11.3 Å². The number of anilines is 9. The topological polar surface area (TPSA) is 9.72 Å². The van der Waals surface area contributed by atoms with Crippen LogP contribution in [-0.2, 0) is 65.0 Å². The van der Waals surface area contributed by atoms with Gasteiger partial charge in [-0.15, -0.1) is 0 Å². The zero-order valence-electron chi connectivity index (χ0n) is 62.1. The van der Waals surface area contributed by atoms with Crippen LogP contribution in [0.25, 0.3) is 0 Å². The van der Waals surface area contributed by atoms with Crippen LogP contribution in [0.1, 0.15) is 309 Å². The quantitative estimate of drug-likeness (QED) is 0.159. The summed E-state index contributed by atoms with van der Waals surface area (Å²) in [4.78, 5) is 10.1. The van der Waals surface area contributed by atoms with Crippen LogP contribution < -0.4 is 30.4 Å². The summed E-state index contributed by atoms with van der Waals surface area (Å²) in [6.07, 6.45) is 14.1. The molecule has 0 N–H and O–H groups in total. The highest BCUT2D eigenvalue weighted by Gasteiger charge is 2.54. The summed E-state index contributed by atoms with van der Waals surface area (Å²) in [5.41, 5.74) is 31.6. The van der Waals surface area contributed by atoms with E-state index < -0.39 is 0 Å². The molecule has 0 amide bonds. The van der Waals surface area contributed by atoms with Crippen LogP contribution in [-0.4, -0.2) is 6.71 Å². The molecule has 488 valence electrons. The van der Waals surface area contributed by atoms with Crippen LogP contribution in [0.2, 0.25) is 0 Å². The molecule has 3 heterocycles. The number of nitrogens with zero attached hydrogens (tertiary/aromatic N) is 3. The fourth-order valence-electron chi connectivity index (χ4n) is 19.8. The van der Waals surface area contributed by atoms with Crippen molar-refractivity contribution in [3.63, 3.8) is 0 Å². The van der Waals surface area contributed by atoms with Crippen molar-refractivity contribution in [2.45, 2.75) is 308 Å². The third-order valence-electron chi connectivity index (χ3n) is 27.1. The zero-order chi connectivity index (χ0) is 66.7. The van der Waals surface area contributed by atoms with Gasteiger partial charge in [0, 0.05) is 49.5 Å². The lowest BCUT2D eigenvalue weighted by atomic mass is 9.35. The lowest BCUT2D eigenvalue weighted by Crippen LogP contribution is -2.61. The molecule has 8 aliphatic rings. The van der Waals surface area contributed by atoms with Gasteiger partial charge in [-0.2, -0.15) is 11.3 Å². The summed E-state index contributed by atoms with van der Waals surface area (Å²) in [5, 5.41) is 0. The maximum atomic E-state index is 2.90. The highest BCUT2D eigenvalue weighted by atomic mass is 32.1. The monoisotopic (exact) mass is 1250 g/mol. The van der Waals surface area contributed by atoms with Gasteiger partial charge in [0.15, 0.2) is 0 Å². The second kappa shape index (κ2) is 19.6. The molecule has 7 aromatic rings. The van der Waals surface area contributed by atoms with Crippen molar-refractivity contribution in [1.82, 2.24) is 0 Å². The molecule has 3 nitrogen and oxygen atoms in total. The van der Waals surface area contributed by atoms with Crippen molar-refractivity contribution in [3.8, 4) is 0 Å². The summed E-state index contributed by atoms with van der Waals surface area (Å²) in [6, 6.07) is 42.1. The molecular weight excluding hydrogens is 1140 g/mol. The molecule has 2 aliphatic heterocycles. The predicted molar refractivity (Wildman–Crippen MR) is 405 cm³/mol.